The fraction of sp³-hybridized carbons (Fsp3) is 0.360. The van der Waals surface area contributed by atoms with E-state index in [2.05, 4.69) is 25.6 Å². The monoisotopic (exact) mass is 597 g/mol. The van der Waals surface area contributed by atoms with E-state index in [-0.39, 0.29) is 29.6 Å². The zero-order valence-electron chi connectivity index (χ0n) is 21.6. The highest BCUT2D eigenvalue weighted by molar-refractivity contribution is 7.92. The largest absolute Gasteiger partial charge is 0.421 e. The lowest BCUT2D eigenvalue weighted by Crippen LogP contribution is -2.38. The predicted octanol–water partition coefficient (Wildman–Crippen LogP) is 4.49. The molecule has 0 atom stereocenters. The van der Waals surface area contributed by atoms with Crippen LogP contribution in [0.25, 0.3) is 0 Å². The first kappa shape index (κ1) is 29.3. The van der Waals surface area contributed by atoms with Crippen molar-refractivity contribution in [3.63, 3.8) is 0 Å². The number of nitrogens with one attached hydrogen (secondary N) is 2. The number of likely N-dealkylation sites (tertiary alicyclic amines) is 1. The van der Waals surface area contributed by atoms with Crippen molar-refractivity contribution in [1.82, 2.24) is 19.9 Å². The lowest BCUT2D eigenvalue weighted by atomic mass is 10.1. The zero-order chi connectivity index (χ0) is 29.1. The molecule has 15 heteroatoms. The topological polar surface area (TPSA) is 120 Å². The molecule has 40 heavy (non-hydrogen) atoms. The maximum Gasteiger partial charge on any atom is 0.421 e. The Hall–Kier alpha value is -3.65. The van der Waals surface area contributed by atoms with Gasteiger partial charge in [0.2, 0.25) is 16.0 Å². The van der Waals surface area contributed by atoms with Crippen molar-refractivity contribution in [2.45, 2.75) is 30.9 Å². The van der Waals surface area contributed by atoms with Crippen LogP contribution in [0.5, 0.6) is 0 Å². The highest BCUT2D eigenvalue weighted by Crippen LogP contribution is 2.34. The smallest absolute Gasteiger partial charge is 0.365 e. The van der Waals surface area contributed by atoms with Crippen LogP contribution in [0, 0.1) is 0 Å². The molecule has 1 amide bonds. The van der Waals surface area contributed by atoms with Gasteiger partial charge in [0.25, 0.3) is 5.91 Å². The summed E-state index contributed by atoms with van der Waals surface area (Å²) >= 11 is 6.11. The number of amides is 1. The number of halogens is 4. The number of nitrogens with zero attached hydrogens (tertiary/aromatic N) is 5. The Kier molecular flexibility index (Phi) is 8.68. The number of hydrogen-bond acceptors (Lipinski definition) is 8. The minimum Gasteiger partial charge on any atom is -0.365 e. The van der Waals surface area contributed by atoms with E-state index in [0.717, 1.165) is 23.4 Å². The molecule has 0 radical (unpaired) electrons. The normalized spacial score (nSPS) is 14.6. The number of rotatable bonds is 8. The average molecular weight is 598 g/mol. The summed E-state index contributed by atoms with van der Waals surface area (Å²) in [7, 11) is -2.35. The molecule has 10 nitrogen and oxygen atoms in total. The Bertz CT molecular complexity index is 1470. The van der Waals surface area contributed by atoms with Crippen molar-refractivity contribution in [2.24, 2.45) is 0 Å². The Labute approximate surface area is 234 Å². The molecule has 1 aromatic carbocycles. The molecule has 3 heterocycles. The van der Waals surface area contributed by atoms with Crippen LogP contribution in [0.1, 0.15) is 34.3 Å². The maximum absolute atomic E-state index is 13.7. The number of benzene rings is 1. The van der Waals surface area contributed by atoms with Crippen molar-refractivity contribution in [2.75, 3.05) is 41.3 Å². The van der Waals surface area contributed by atoms with E-state index in [9.17, 15) is 26.4 Å². The van der Waals surface area contributed by atoms with Crippen molar-refractivity contribution in [3.05, 3.63) is 65.5 Å². The minimum atomic E-state index is -4.75. The standard InChI is InChI=1S/C25H27ClF3N7O3S/c1-35(40(2,38)39)22-17(4-3-11-30-22)14-31-21-20(25(27,28)29)15-32-24(34-21)33-19-7-5-16(6-8-19)23(37)36-12-9-18(26)10-13-36/h3-8,11,15,18H,9-10,12-14H2,1-2H3,(H2,31,32,33,34). The molecule has 4 rings (SSSR count). The molecule has 0 saturated carbocycles. The summed E-state index contributed by atoms with van der Waals surface area (Å²) in [6.45, 7) is 0.959. The van der Waals surface area contributed by atoms with Crippen molar-refractivity contribution in [1.29, 1.82) is 0 Å². The molecule has 0 unspecified atom stereocenters. The molecule has 0 bridgehead atoms. The molecule has 214 valence electrons. The summed E-state index contributed by atoms with van der Waals surface area (Å²) < 4.78 is 66.0. The minimum absolute atomic E-state index is 0.0685. The number of aromatic nitrogens is 3. The zero-order valence-corrected chi connectivity index (χ0v) is 23.2. The molecule has 3 aromatic rings. The van der Waals surface area contributed by atoms with E-state index in [1.807, 2.05) is 0 Å². The third-order valence-corrected chi connectivity index (χ3v) is 7.91. The average Bonchev–Trinajstić information content (AvgIpc) is 2.91. The van der Waals surface area contributed by atoms with E-state index in [4.69, 9.17) is 11.6 Å². The molecule has 1 aliphatic rings. The highest BCUT2D eigenvalue weighted by Gasteiger charge is 2.35. The summed E-state index contributed by atoms with van der Waals surface area (Å²) in [6, 6.07) is 9.54. The van der Waals surface area contributed by atoms with Crippen LogP contribution in [-0.4, -0.2) is 65.9 Å². The van der Waals surface area contributed by atoms with Crippen molar-refractivity contribution < 1.29 is 26.4 Å². The summed E-state index contributed by atoms with van der Waals surface area (Å²) in [4.78, 5) is 26.4. The second-order valence-corrected chi connectivity index (χ2v) is 11.8. The summed E-state index contributed by atoms with van der Waals surface area (Å²) in [5.74, 6) is -0.668. The molecule has 0 aliphatic carbocycles. The van der Waals surface area contributed by atoms with Gasteiger partial charge in [-0.15, -0.1) is 11.6 Å². The van der Waals surface area contributed by atoms with Gasteiger partial charge >= 0.3 is 6.18 Å². The number of hydrogen-bond donors (Lipinski definition) is 2. The van der Waals surface area contributed by atoms with E-state index >= 15 is 0 Å². The second-order valence-electron chi connectivity index (χ2n) is 9.19. The molecule has 1 fully saturated rings. The molecular formula is C25H27ClF3N7O3S. The van der Waals surface area contributed by atoms with E-state index < -0.39 is 27.6 Å². The van der Waals surface area contributed by atoms with Crippen LogP contribution in [0.4, 0.5) is 36.4 Å². The number of carbonyl (C=O) groups is 1. The fourth-order valence-corrected chi connectivity index (χ4v) is 4.70. The van der Waals surface area contributed by atoms with Crippen LogP contribution in [0.3, 0.4) is 0 Å². The lowest BCUT2D eigenvalue weighted by Gasteiger charge is -2.29. The molecule has 1 saturated heterocycles. The highest BCUT2D eigenvalue weighted by atomic mass is 35.5. The molecule has 2 N–H and O–H groups in total. The van der Waals surface area contributed by atoms with Crippen LogP contribution < -0.4 is 14.9 Å². The fourth-order valence-electron chi connectivity index (χ4n) is 4.03. The third-order valence-electron chi connectivity index (χ3n) is 6.30. The Morgan fingerprint density at radius 3 is 2.45 bits per heavy atom. The van der Waals surface area contributed by atoms with E-state index in [1.165, 1.54) is 13.2 Å². The van der Waals surface area contributed by atoms with Gasteiger partial charge < -0.3 is 15.5 Å². The molecule has 2 aromatic heterocycles. The van der Waals surface area contributed by atoms with Crippen molar-refractivity contribution >= 4 is 50.8 Å². The van der Waals surface area contributed by atoms with E-state index in [1.54, 1.807) is 41.3 Å². The van der Waals surface area contributed by atoms with Gasteiger partial charge in [0.15, 0.2) is 0 Å². The first-order valence-electron chi connectivity index (χ1n) is 12.2. The van der Waals surface area contributed by atoms with Crippen LogP contribution in [-0.2, 0) is 22.7 Å². The number of anilines is 4. The van der Waals surface area contributed by atoms with Gasteiger partial charge in [0.05, 0.1) is 6.26 Å². The Morgan fingerprint density at radius 1 is 1.15 bits per heavy atom. The SMILES string of the molecule is CN(c1ncccc1CNc1nc(Nc2ccc(C(=O)N3CCC(Cl)CC3)cc2)ncc1C(F)(F)F)S(C)(=O)=O. The summed E-state index contributed by atoms with van der Waals surface area (Å²) in [5, 5.41) is 5.56. The van der Waals surface area contributed by atoms with Crippen LogP contribution in [0.2, 0.25) is 0 Å². The second kappa shape index (κ2) is 11.8. The number of pyridine rings is 1. The maximum atomic E-state index is 13.7. The van der Waals surface area contributed by atoms with Gasteiger partial charge in [0.1, 0.15) is 17.2 Å². The lowest BCUT2D eigenvalue weighted by molar-refractivity contribution is -0.137. The number of piperidine rings is 1. The van der Waals surface area contributed by atoms with Gasteiger partial charge in [-0.2, -0.15) is 18.2 Å². The quantitative estimate of drug-likeness (QED) is 0.365. The number of sulfonamides is 1. The van der Waals surface area contributed by atoms with Gasteiger partial charge in [-0.05, 0) is 43.2 Å². The van der Waals surface area contributed by atoms with Crippen LogP contribution >= 0.6 is 11.6 Å². The summed E-state index contributed by atoms with van der Waals surface area (Å²) in [6.07, 6.45) is -0.259. The Morgan fingerprint density at radius 2 is 1.82 bits per heavy atom. The predicted molar refractivity (Wildman–Crippen MR) is 146 cm³/mol. The number of alkyl halides is 4. The van der Waals surface area contributed by atoms with Gasteiger partial charge in [0, 0.05) is 61.3 Å². The van der Waals surface area contributed by atoms with Crippen molar-refractivity contribution in [3.8, 4) is 0 Å². The first-order valence-corrected chi connectivity index (χ1v) is 14.5. The third kappa shape index (κ3) is 7.10. The molecular weight excluding hydrogens is 571 g/mol. The molecule has 0 spiro atoms. The van der Waals surface area contributed by atoms with E-state index in [0.29, 0.717) is 36.1 Å². The number of carbonyl (C=O) groups excluding carboxylic acids is 1. The van der Waals surface area contributed by atoms with Gasteiger partial charge in [-0.1, -0.05) is 6.07 Å². The Balaban J connectivity index is 1.52. The first-order chi connectivity index (χ1) is 18.8. The van der Waals surface area contributed by atoms with Crippen LogP contribution in [0.15, 0.2) is 48.8 Å². The molecule has 1 aliphatic heterocycles. The van der Waals surface area contributed by atoms with Gasteiger partial charge in [-0.25, -0.2) is 18.4 Å². The van der Waals surface area contributed by atoms with Gasteiger partial charge in [-0.3, -0.25) is 9.10 Å². The summed E-state index contributed by atoms with van der Waals surface area (Å²) in [5.41, 5.74) is 0.181.